The van der Waals surface area contributed by atoms with Crippen molar-refractivity contribution in [3.63, 3.8) is 0 Å². The van der Waals surface area contributed by atoms with E-state index in [0.717, 1.165) is 0 Å². The minimum atomic E-state index is -4.16. The Labute approximate surface area is 133 Å². The average Bonchev–Trinajstić information content (AvgIpc) is 2.20. The summed E-state index contributed by atoms with van der Waals surface area (Å²) in [6.45, 7) is 0. The maximum atomic E-state index is 10.2. The maximum Gasteiger partial charge on any atom is 0.304 e. The average molecular weight is 380 g/mol. The van der Waals surface area contributed by atoms with Crippen LogP contribution in [0.4, 0.5) is 0 Å². The van der Waals surface area contributed by atoms with Crippen LogP contribution in [0.3, 0.4) is 0 Å². The summed E-state index contributed by atoms with van der Waals surface area (Å²) < 4.78 is 57.1. The summed E-state index contributed by atoms with van der Waals surface area (Å²) in [6, 6.07) is -1.88. The van der Waals surface area contributed by atoms with Crippen LogP contribution in [0.5, 0.6) is 0 Å². The maximum absolute atomic E-state index is 10.2. The first kappa shape index (κ1) is 23.9. The number of carboxylic acids is 2. The fraction of sp³-hybridized carbons (Fsp3) is 0.778. The monoisotopic (exact) mass is 380 g/mol. The molecule has 0 fully saturated rings. The van der Waals surface area contributed by atoms with E-state index in [1.165, 1.54) is 0 Å². The highest BCUT2D eigenvalue weighted by Gasteiger charge is 2.15. The minimum Gasteiger partial charge on any atom is -0.481 e. The van der Waals surface area contributed by atoms with Gasteiger partial charge in [0.2, 0.25) is 0 Å². The third kappa shape index (κ3) is 23.1. The topological polar surface area (TPSA) is 235 Å². The summed E-state index contributed by atoms with van der Waals surface area (Å²) >= 11 is 0. The minimum absolute atomic E-state index is 0.0368. The van der Waals surface area contributed by atoms with Crippen molar-refractivity contribution in [2.45, 2.75) is 31.3 Å². The van der Waals surface area contributed by atoms with E-state index in [1.54, 1.807) is 0 Å². The van der Waals surface area contributed by atoms with Gasteiger partial charge in [0, 0.05) is 18.5 Å². The van der Waals surface area contributed by atoms with E-state index in [2.05, 4.69) is 0 Å². The van der Waals surface area contributed by atoms with Crippen molar-refractivity contribution >= 4 is 32.2 Å². The van der Waals surface area contributed by atoms with Crippen LogP contribution in [-0.2, 0) is 29.8 Å². The van der Waals surface area contributed by atoms with Crippen molar-refractivity contribution in [1.82, 2.24) is 0 Å². The molecule has 2 unspecified atom stereocenters. The molecule has 0 aliphatic rings. The van der Waals surface area contributed by atoms with E-state index in [9.17, 15) is 26.4 Å². The second-order valence-corrected chi connectivity index (χ2v) is 7.54. The van der Waals surface area contributed by atoms with Crippen LogP contribution in [-0.4, -0.2) is 71.7 Å². The molecule has 0 aromatic rings. The molecule has 14 heteroatoms. The van der Waals surface area contributed by atoms with Crippen molar-refractivity contribution in [1.29, 1.82) is 0 Å². The van der Waals surface area contributed by atoms with Crippen LogP contribution >= 0.6 is 0 Å². The van der Waals surface area contributed by atoms with Crippen molar-refractivity contribution < 1.29 is 45.7 Å². The van der Waals surface area contributed by atoms with Gasteiger partial charge in [0.25, 0.3) is 20.2 Å². The normalized spacial score (nSPS) is 14.3. The van der Waals surface area contributed by atoms with Gasteiger partial charge in [-0.05, 0) is 6.42 Å². The third-order valence-electron chi connectivity index (χ3n) is 2.02. The van der Waals surface area contributed by atoms with Gasteiger partial charge in [-0.3, -0.25) is 18.7 Å². The van der Waals surface area contributed by atoms with Gasteiger partial charge in [-0.2, -0.15) is 16.8 Å². The first-order chi connectivity index (χ1) is 10.1. The number of hydrogen-bond donors (Lipinski definition) is 6. The van der Waals surface area contributed by atoms with E-state index >= 15 is 0 Å². The van der Waals surface area contributed by atoms with Crippen LogP contribution in [0.15, 0.2) is 0 Å². The molecule has 0 aliphatic heterocycles. The summed E-state index contributed by atoms with van der Waals surface area (Å²) in [5.74, 6) is -3.55. The van der Waals surface area contributed by atoms with E-state index in [0.29, 0.717) is 0 Å². The zero-order chi connectivity index (χ0) is 18.8. The Morgan fingerprint density at radius 2 is 1.22 bits per heavy atom. The Kier molecular flexibility index (Phi) is 10.9. The number of nitrogens with two attached hydrogens (primary N) is 2. The molecule has 0 amide bonds. The molecule has 0 aromatic carbocycles. The van der Waals surface area contributed by atoms with Crippen LogP contribution in [0, 0.1) is 0 Å². The van der Waals surface area contributed by atoms with Crippen LogP contribution in [0.1, 0.15) is 19.3 Å². The zero-order valence-corrected chi connectivity index (χ0v) is 13.5. The summed E-state index contributed by atoms with van der Waals surface area (Å²) in [5.41, 5.74) is 10.2. The lowest BCUT2D eigenvalue weighted by Gasteiger charge is -2.06. The standard InChI is InChI=1S/C5H11NO5S.C4H9NO5S/c6-4(1-2-5(7)8)3-12(9,10)11;5-3(1-4(6)7)2-11(8,9)10/h4H,1-3,6H2,(H,7,8)(H,9,10,11);3H,1-2,5H2,(H,6,7)(H,8,9,10). The Morgan fingerprint density at radius 3 is 1.52 bits per heavy atom. The first-order valence-electron chi connectivity index (χ1n) is 5.97. The molecular formula is C9H20N2O10S2. The quantitative estimate of drug-likeness (QED) is 0.232. The number of carbonyl (C=O) groups is 2. The van der Waals surface area contributed by atoms with Crippen LogP contribution in [0.25, 0.3) is 0 Å². The lowest BCUT2D eigenvalue weighted by molar-refractivity contribution is -0.138. The molecule has 0 aliphatic carbocycles. The molecule has 0 saturated carbocycles. The molecule has 0 radical (unpaired) electrons. The molecule has 8 N–H and O–H groups in total. The predicted molar refractivity (Wildman–Crippen MR) is 77.9 cm³/mol. The molecule has 0 saturated heterocycles. The highest BCUT2D eigenvalue weighted by Crippen LogP contribution is 1.97. The van der Waals surface area contributed by atoms with Gasteiger partial charge >= 0.3 is 11.9 Å². The lowest BCUT2D eigenvalue weighted by atomic mass is 10.2. The molecule has 2 atom stereocenters. The Bertz CT molecular complexity index is 585. The summed E-state index contributed by atoms with van der Waals surface area (Å²) in [7, 11) is -8.25. The fourth-order valence-electron chi connectivity index (χ4n) is 1.22. The van der Waals surface area contributed by atoms with Gasteiger partial charge in [-0.1, -0.05) is 0 Å². The summed E-state index contributed by atoms with van der Waals surface area (Å²) in [4.78, 5) is 19.9. The van der Waals surface area contributed by atoms with E-state index in [-0.39, 0.29) is 12.8 Å². The van der Waals surface area contributed by atoms with Crippen LogP contribution in [0.2, 0.25) is 0 Å². The molecule has 12 nitrogen and oxygen atoms in total. The second kappa shape index (κ2) is 10.5. The highest BCUT2D eigenvalue weighted by atomic mass is 32.2. The van der Waals surface area contributed by atoms with Crippen molar-refractivity contribution in [2.24, 2.45) is 11.5 Å². The highest BCUT2D eigenvalue weighted by molar-refractivity contribution is 7.86. The van der Waals surface area contributed by atoms with E-state index in [4.69, 9.17) is 30.8 Å². The van der Waals surface area contributed by atoms with Gasteiger partial charge in [0.1, 0.15) is 0 Å². The van der Waals surface area contributed by atoms with Crippen molar-refractivity contribution in [2.75, 3.05) is 11.5 Å². The largest absolute Gasteiger partial charge is 0.481 e. The first-order valence-corrected chi connectivity index (χ1v) is 9.19. The smallest absolute Gasteiger partial charge is 0.304 e. The van der Waals surface area contributed by atoms with Gasteiger partial charge in [-0.25, -0.2) is 0 Å². The molecule has 0 bridgehead atoms. The molecule has 0 rings (SSSR count). The van der Waals surface area contributed by atoms with Crippen molar-refractivity contribution in [3.05, 3.63) is 0 Å². The van der Waals surface area contributed by atoms with Gasteiger partial charge < -0.3 is 21.7 Å². The van der Waals surface area contributed by atoms with Crippen LogP contribution < -0.4 is 11.5 Å². The Balaban J connectivity index is 0. The molecule has 0 heterocycles. The second-order valence-electron chi connectivity index (χ2n) is 4.55. The van der Waals surface area contributed by atoms with Crippen molar-refractivity contribution in [3.8, 4) is 0 Å². The SMILES string of the molecule is NC(CC(=O)O)CS(=O)(=O)O.NC(CCC(=O)O)CS(=O)(=O)O. The Morgan fingerprint density at radius 1 is 0.826 bits per heavy atom. The number of carboxylic acid groups (broad SMARTS) is 2. The van der Waals surface area contributed by atoms with Gasteiger partial charge in [0.05, 0.1) is 17.9 Å². The number of aliphatic carboxylic acids is 2. The molecule has 23 heavy (non-hydrogen) atoms. The molecule has 138 valence electrons. The summed E-state index contributed by atoms with van der Waals surface area (Å²) in [5, 5.41) is 16.3. The molecule has 0 spiro atoms. The third-order valence-corrected chi connectivity index (χ3v) is 3.71. The van der Waals surface area contributed by atoms with Gasteiger partial charge in [0.15, 0.2) is 0 Å². The zero-order valence-electron chi connectivity index (χ0n) is 11.9. The van der Waals surface area contributed by atoms with E-state index < -0.39 is 62.2 Å². The lowest BCUT2D eigenvalue weighted by Crippen LogP contribution is -2.31. The number of rotatable bonds is 9. The molecular weight excluding hydrogens is 360 g/mol. The molecule has 0 aromatic heterocycles. The Hall–Kier alpha value is -1.32. The predicted octanol–water partition coefficient (Wildman–Crippen LogP) is -2.26. The number of hydrogen-bond acceptors (Lipinski definition) is 8. The summed E-state index contributed by atoms with van der Waals surface area (Å²) in [6.07, 6.45) is -0.633. The van der Waals surface area contributed by atoms with E-state index in [1.807, 2.05) is 0 Å². The van der Waals surface area contributed by atoms with Gasteiger partial charge in [-0.15, -0.1) is 0 Å². The fourth-order valence-corrected chi connectivity index (χ4v) is 2.58.